The van der Waals surface area contributed by atoms with Gasteiger partial charge in [0.1, 0.15) is 0 Å². The number of aromatic nitrogens is 1. The molecule has 104 valence electrons. The normalized spacial score (nSPS) is 29.1. The van der Waals surface area contributed by atoms with Crippen molar-refractivity contribution in [3.63, 3.8) is 0 Å². The summed E-state index contributed by atoms with van der Waals surface area (Å²) in [5, 5.41) is 3.77. The Bertz CT molecular complexity index is 370. The predicted molar refractivity (Wildman–Crippen MR) is 80.2 cm³/mol. The smallest absolute Gasteiger partial charge is 0.0528 e. The van der Waals surface area contributed by atoms with Crippen LogP contribution in [0.4, 0.5) is 5.69 Å². The van der Waals surface area contributed by atoms with Crippen LogP contribution >= 0.6 is 0 Å². The van der Waals surface area contributed by atoms with E-state index in [0.717, 1.165) is 11.8 Å². The van der Waals surface area contributed by atoms with Crippen LogP contribution in [0, 0.1) is 11.8 Å². The molecule has 1 aromatic rings. The van der Waals surface area contributed by atoms with Crippen LogP contribution in [-0.4, -0.2) is 11.0 Å². The van der Waals surface area contributed by atoms with Gasteiger partial charge in [0.25, 0.3) is 0 Å². The second kappa shape index (κ2) is 6.40. The minimum Gasteiger partial charge on any atom is -0.381 e. The highest BCUT2D eigenvalue weighted by molar-refractivity contribution is 5.41. The summed E-state index contributed by atoms with van der Waals surface area (Å²) in [7, 11) is 0. The van der Waals surface area contributed by atoms with Gasteiger partial charge >= 0.3 is 0 Å². The van der Waals surface area contributed by atoms with E-state index in [4.69, 9.17) is 0 Å². The fraction of sp³-hybridized carbons (Fsp3) is 0.706. The number of hydrogen-bond donors (Lipinski definition) is 1. The molecule has 2 atom stereocenters. The summed E-state index contributed by atoms with van der Waals surface area (Å²) in [6, 6.07) is 4.86. The summed E-state index contributed by atoms with van der Waals surface area (Å²) < 4.78 is 0. The van der Waals surface area contributed by atoms with Crippen LogP contribution in [0.15, 0.2) is 24.5 Å². The van der Waals surface area contributed by atoms with Gasteiger partial charge in [0.05, 0.1) is 5.69 Å². The molecule has 0 saturated heterocycles. The zero-order valence-electron chi connectivity index (χ0n) is 11.9. The van der Waals surface area contributed by atoms with Crippen LogP contribution < -0.4 is 5.32 Å². The second-order valence-electron chi connectivity index (χ2n) is 6.34. The van der Waals surface area contributed by atoms with Crippen molar-refractivity contribution in [2.24, 2.45) is 11.8 Å². The van der Waals surface area contributed by atoms with Gasteiger partial charge in [-0.2, -0.15) is 0 Å². The molecule has 0 aliphatic heterocycles. The number of nitrogens with zero attached hydrogens (tertiary/aromatic N) is 1. The third kappa shape index (κ3) is 3.29. The Balaban J connectivity index is 1.66. The monoisotopic (exact) mass is 258 g/mol. The summed E-state index contributed by atoms with van der Waals surface area (Å²) in [6.45, 7) is 0. The van der Waals surface area contributed by atoms with E-state index in [2.05, 4.69) is 16.4 Å². The summed E-state index contributed by atoms with van der Waals surface area (Å²) in [5.74, 6) is 1.87. The molecule has 0 bridgehead atoms. The van der Waals surface area contributed by atoms with Gasteiger partial charge in [-0.05, 0) is 36.8 Å². The van der Waals surface area contributed by atoms with Gasteiger partial charge in [0.2, 0.25) is 0 Å². The summed E-state index contributed by atoms with van der Waals surface area (Å²) in [5.41, 5.74) is 1.20. The molecule has 0 amide bonds. The third-order valence-electron chi connectivity index (χ3n) is 5.09. The first-order chi connectivity index (χ1) is 9.43. The van der Waals surface area contributed by atoms with Gasteiger partial charge in [0.15, 0.2) is 0 Å². The van der Waals surface area contributed by atoms with Crippen molar-refractivity contribution in [2.75, 3.05) is 5.32 Å². The second-order valence-corrected chi connectivity index (χ2v) is 6.34. The maximum absolute atomic E-state index is 4.23. The van der Waals surface area contributed by atoms with Gasteiger partial charge in [-0.3, -0.25) is 4.98 Å². The zero-order chi connectivity index (χ0) is 12.9. The minimum absolute atomic E-state index is 0.682. The Morgan fingerprint density at radius 2 is 1.74 bits per heavy atom. The number of anilines is 1. The van der Waals surface area contributed by atoms with Gasteiger partial charge in [0, 0.05) is 18.4 Å². The van der Waals surface area contributed by atoms with Crippen LogP contribution in [0.2, 0.25) is 0 Å². The Kier molecular flexibility index (Phi) is 4.37. The van der Waals surface area contributed by atoms with E-state index in [1.807, 2.05) is 18.5 Å². The molecule has 2 heteroatoms. The van der Waals surface area contributed by atoms with E-state index in [9.17, 15) is 0 Å². The van der Waals surface area contributed by atoms with E-state index < -0.39 is 0 Å². The van der Waals surface area contributed by atoms with E-state index in [1.165, 1.54) is 63.5 Å². The Labute approximate surface area is 117 Å². The topological polar surface area (TPSA) is 24.9 Å². The van der Waals surface area contributed by atoms with Gasteiger partial charge in [-0.1, -0.05) is 44.9 Å². The number of nitrogens with one attached hydrogen (secondary N) is 1. The van der Waals surface area contributed by atoms with E-state index >= 15 is 0 Å². The van der Waals surface area contributed by atoms with Crippen molar-refractivity contribution in [2.45, 2.75) is 63.8 Å². The molecule has 1 heterocycles. The van der Waals surface area contributed by atoms with Crippen LogP contribution in [0.1, 0.15) is 57.8 Å². The highest BCUT2D eigenvalue weighted by Gasteiger charge is 2.32. The number of hydrogen-bond acceptors (Lipinski definition) is 2. The summed E-state index contributed by atoms with van der Waals surface area (Å²) in [4.78, 5) is 4.23. The molecule has 2 saturated carbocycles. The Morgan fingerprint density at radius 3 is 2.53 bits per heavy atom. The van der Waals surface area contributed by atoms with Crippen molar-refractivity contribution in [1.82, 2.24) is 4.98 Å². The molecule has 1 aromatic heterocycles. The minimum atomic E-state index is 0.682. The standard InChI is InChI=1S/C17H26N2/c1-2-7-14(8-3-1)16-10-4-5-11-17(16)19-15-9-6-12-18-13-15/h6,9,12-14,16-17,19H,1-5,7-8,10-11H2. The molecule has 3 rings (SSSR count). The first-order valence-corrected chi connectivity index (χ1v) is 8.10. The van der Waals surface area contributed by atoms with E-state index in [0.29, 0.717) is 6.04 Å². The fourth-order valence-electron chi connectivity index (χ4n) is 4.13. The van der Waals surface area contributed by atoms with Crippen molar-refractivity contribution in [3.8, 4) is 0 Å². The molecule has 2 fully saturated rings. The highest BCUT2D eigenvalue weighted by atomic mass is 14.9. The average Bonchev–Trinajstić information content (AvgIpc) is 2.50. The van der Waals surface area contributed by atoms with E-state index in [1.54, 1.807) is 0 Å². The molecule has 2 aliphatic rings. The molecular weight excluding hydrogens is 232 g/mol. The van der Waals surface area contributed by atoms with E-state index in [-0.39, 0.29) is 0 Å². The molecule has 19 heavy (non-hydrogen) atoms. The quantitative estimate of drug-likeness (QED) is 0.854. The molecule has 2 nitrogen and oxygen atoms in total. The van der Waals surface area contributed by atoms with Crippen molar-refractivity contribution in [1.29, 1.82) is 0 Å². The zero-order valence-corrected chi connectivity index (χ0v) is 11.9. The lowest BCUT2D eigenvalue weighted by molar-refractivity contribution is 0.180. The Morgan fingerprint density at radius 1 is 0.947 bits per heavy atom. The third-order valence-corrected chi connectivity index (χ3v) is 5.09. The molecular formula is C17H26N2. The summed E-state index contributed by atoms with van der Waals surface area (Å²) >= 11 is 0. The van der Waals surface area contributed by atoms with Crippen molar-refractivity contribution >= 4 is 5.69 Å². The Hall–Kier alpha value is -1.05. The highest BCUT2D eigenvalue weighted by Crippen LogP contribution is 2.39. The lowest BCUT2D eigenvalue weighted by atomic mass is 9.71. The molecule has 2 aliphatic carbocycles. The maximum Gasteiger partial charge on any atom is 0.0528 e. The van der Waals surface area contributed by atoms with Gasteiger partial charge in [-0.15, -0.1) is 0 Å². The molecule has 1 N–H and O–H groups in total. The largest absolute Gasteiger partial charge is 0.381 e. The molecule has 2 unspecified atom stereocenters. The van der Waals surface area contributed by atoms with Crippen LogP contribution in [0.5, 0.6) is 0 Å². The molecule has 0 spiro atoms. The van der Waals surface area contributed by atoms with Crippen LogP contribution in [0.3, 0.4) is 0 Å². The summed E-state index contributed by atoms with van der Waals surface area (Å²) in [6.07, 6.45) is 16.7. The maximum atomic E-state index is 4.23. The van der Waals surface area contributed by atoms with Crippen LogP contribution in [-0.2, 0) is 0 Å². The molecule has 0 aromatic carbocycles. The van der Waals surface area contributed by atoms with Gasteiger partial charge < -0.3 is 5.32 Å². The fourth-order valence-corrected chi connectivity index (χ4v) is 4.13. The average molecular weight is 258 g/mol. The predicted octanol–water partition coefficient (Wildman–Crippen LogP) is 4.63. The first kappa shape index (κ1) is 13.0. The lowest BCUT2D eigenvalue weighted by Crippen LogP contribution is -2.37. The first-order valence-electron chi connectivity index (χ1n) is 8.10. The van der Waals surface area contributed by atoms with Gasteiger partial charge in [-0.25, -0.2) is 0 Å². The number of rotatable bonds is 3. The van der Waals surface area contributed by atoms with Crippen molar-refractivity contribution < 1.29 is 0 Å². The van der Waals surface area contributed by atoms with Crippen molar-refractivity contribution in [3.05, 3.63) is 24.5 Å². The molecule has 0 radical (unpaired) electrons. The lowest BCUT2D eigenvalue weighted by Gasteiger charge is -2.39. The van der Waals surface area contributed by atoms with Crippen LogP contribution in [0.25, 0.3) is 0 Å². The number of pyridine rings is 1. The SMILES string of the molecule is c1cncc(NC2CCCCC2C2CCCCC2)c1.